The lowest BCUT2D eigenvalue weighted by molar-refractivity contribution is 0.476. The van der Waals surface area contributed by atoms with Gasteiger partial charge in [-0.1, -0.05) is 26.0 Å². The van der Waals surface area contributed by atoms with Crippen LogP contribution in [-0.4, -0.2) is 14.9 Å². The summed E-state index contributed by atoms with van der Waals surface area (Å²) in [6, 6.07) is 5.68. The maximum Gasteiger partial charge on any atom is 0.129 e. The van der Waals surface area contributed by atoms with Crippen molar-refractivity contribution in [1.82, 2.24) is 9.78 Å². The number of nitrogens with two attached hydrogens (primary N) is 1. The molecule has 1 heterocycles. The Kier molecular flexibility index (Phi) is 2.79. The third-order valence-electron chi connectivity index (χ3n) is 2.96. The summed E-state index contributed by atoms with van der Waals surface area (Å²) >= 11 is 0. The van der Waals surface area contributed by atoms with E-state index in [9.17, 15) is 5.11 Å². The van der Waals surface area contributed by atoms with E-state index in [0.29, 0.717) is 11.7 Å². The molecule has 0 fully saturated rings. The van der Waals surface area contributed by atoms with E-state index in [1.807, 2.05) is 12.1 Å². The largest absolute Gasteiger partial charge is 0.507 e. The fourth-order valence-electron chi connectivity index (χ4n) is 1.79. The number of benzene rings is 1. The number of nitrogens with zero attached hydrogens (tertiary/aromatic N) is 2. The van der Waals surface area contributed by atoms with Crippen molar-refractivity contribution in [2.24, 2.45) is 7.05 Å². The average Bonchev–Trinajstić information content (AvgIpc) is 2.60. The molecule has 0 radical (unpaired) electrons. The van der Waals surface area contributed by atoms with E-state index in [1.165, 1.54) is 0 Å². The Bertz CT molecular complexity index is 544. The van der Waals surface area contributed by atoms with Crippen LogP contribution in [0.15, 0.2) is 24.4 Å². The number of phenolic OH excluding ortho intramolecular Hbond substituents is 1. The molecule has 90 valence electrons. The molecule has 17 heavy (non-hydrogen) atoms. The smallest absolute Gasteiger partial charge is 0.129 e. The molecule has 2 aromatic rings. The van der Waals surface area contributed by atoms with Gasteiger partial charge in [0.05, 0.1) is 6.20 Å². The molecule has 4 nitrogen and oxygen atoms in total. The zero-order valence-electron chi connectivity index (χ0n) is 10.3. The van der Waals surface area contributed by atoms with Crippen molar-refractivity contribution in [2.75, 3.05) is 5.73 Å². The first-order chi connectivity index (χ1) is 8.00. The van der Waals surface area contributed by atoms with E-state index < -0.39 is 0 Å². The molecule has 1 aromatic carbocycles. The highest BCUT2D eigenvalue weighted by atomic mass is 16.3. The lowest BCUT2D eigenvalue weighted by atomic mass is 9.99. The van der Waals surface area contributed by atoms with E-state index in [-0.39, 0.29) is 5.75 Å². The lowest BCUT2D eigenvalue weighted by Crippen LogP contribution is -1.98. The molecule has 0 aliphatic rings. The number of aryl methyl sites for hydroxylation is 1. The summed E-state index contributed by atoms with van der Waals surface area (Å²) in [5, 5.41) is 14.1. The molecular formula is C13H17N3O. The number of hydrogen-bond acceptors (Lipinski definition) is 3. The van der Waals surface area contributed by atoms with Crippen LogP contribution in [0.2, 0.25) is 0 Å². The summed E-state index contributed by atoms with van der Waals surface area (Å²) < 4.78 is 1.59. The summed E-state index contributed by atoms with van der Waals surface area (Å²) in [6.07, 6.45) is 1.67. The highest BCUT2D eigenvalue weighted by Crippen LogP contribution is 2.34. The summed E-state index contributed by atoms with van der Waals surface area (Å²) in [4.78, 5) is 0. The fourth-order valence-corrected chi connectivity index (χ4v) is 1.79. The number of hydrogen-bond donors (Lipinski definition) is 2. The summed E-state index contributed by atoms with van der Waals surface area (Å²) in [5.41, 5.74) is 8.48. The van der Waals surface area contributed by atoms with Crippen LogP contribution < -0.4 is 5.73 Å². The Hall–Kier alpha value is -1.97. The van der Waals surface area contributed by atoms with Crippen molar-refractivity contribution in [3.63, 3.8) is 0 Å². The second kappa shape index (κ2) is 4.13. The van der Waals surface area contributed by atoms with Crippen LogP contribution in [0.3, 0.4) is 0 Å². The maximum absolute atomic E-state index is 10.0. The number of aromatic nitrogens is 2. The molecule has 3 N–H and O–H groups in total. The summed E-state index contributed by atoms with van der Waals surface area (Å²) in [5.74, 6) is 1.19. The normalized spacial score (nSPS) is 11.1. The van der Waals surface area contributed by atoms with E-state index in [1.54, 1.807) is 24.0 Å². The SMILES string of the molecule is CC(C)c1ccc(-c2cnn(C)c2N)c(O)c1. The molecule has 0 spiro atoms. The predicted molar refractivity (Wildman–Crippen MR) is 68.8 cm³/mol. The van der Waals surface area contributed by atoms with Crippen LogP contribution in [0.5, 0.6) is 5.75 Å². The molecule has 0 aliphatic carbocycles. The van der Waals surface area contributed by atoms with Crippen LogP contribution in [0.4, 0.5) is 5.82 Å². The summed E-state index contributed by atoms with van der Waals surface area (Å²) in [6.45, 7) is 4.18. The van der Waals surface area contributed by atoms with Crippen LogP contribution in [0.1, 0.15) is 25.3 Å². The monoisotopic (exact) mass is 231 g/mol. The highest BCUT2D eigenvalue weighted by molar-refractivity contribution is 5.78. The molecule has 0 saturated carbocycles. The second-order valence-corrected chi connectivity index (χ2v) is 4.50. The van der Waals surface area contributed by atoms with Crippen molar-refractivity contribution >= 4 is 5.82 Å². The van der Waals surface area contributed by atoms with Gasteiger partial charge in [-0.15, -0.1) is 0 Å². The van der Waals surface area contributed by atoms with E-state index in [4.69, 9.17) is 5.73 Å². The molecule has 2 rings (SSSR count). The van der Waals surface area contributed by atoms with Gasteiger partial charge in [-0.3, -0.25) is 4.68 Å². The van der Waals surface area contributed by atoms with Crippen molar-refractivity contribution in [3.05, 3.63) is 30.0 Å². The zero-order valence-corrected chi connectivity index (χ0v) is 10.3. The first-order valence-corrected chi connectivity index (χ1v) is 5.61. The highest BCUT2D eigenvalue weighted by Gasteiger charge is 2.12. The average molecular weight is 231 g/mol. The van der Waals surface area contributed by atoms with Gasteiger partial charge in [0.1, 0.15) is 11.6 Å². The van der Waals surface area contributed by atoms with Crippen molar-refractivity contribution < 1.29 is 5.11 Å². The minimum Gasteiger partial charge on any atom is -0.507 e. The number of aromatic hydroxyl groups is 1. The van der Waals surface area contributed by atoms with Gasteiger partial charge in [0, 0.05) is 18.2 Å². The summed E-state index contributed by atoms with van der Waals surface area (Å²) in [7, 11) is 1.78. The molecular weight excluding hydrogens is 214 g/mol. The van der Waals surface area contributed by atoms with Crippen molar-refractivity contribution in [3.8, 4) is 16.9 Å². The Morgan fingerprint density at radius 3 is 2.47 bits per heavy atom. The number of rotatable bonds is 2. The standard InChI is InChI=1S/C13H17N3O/c1-8(2)9-4-5-10(12(17)6-9)11-7-15-16(3)13(11)14/h4-8,17H,14H2,1-3H3. The Morgan fingerprint density at radius 1 is 1.29 bits per heavy atom. The molecule has 0 unspecified atom stereocenters. The molecule has 0 aliphatic heterocycles. The predicted octanol–water partition coefficient (Wildman–Crippen LogP) is 2.50. The van der Waals surface area contributed by atoms with Crippen LogP contribution in [0.25, 0.3) is 11.1 Å². The Labute approximate surface area is 101 Å². The van der Waals surface area contributed by atoms with E-state index in [0.717, 1.165) is 16.7 Å². The van der Waals surface area contributed by atoms with Gasteiger partial charge in [-0.05, 0) is 17.5 Å². The van der Waals surface area contributed by atoms with E-state index >= 15 is 0 Å². The van der Waals surface area contributed by atoms with Crippen LogP contribution >= 0.6 is 0 Å². The van der Waals surface area contributed by atoms with E-state index in [2.05, 4.69) is 18.9 Å². The first kappa shape index (κ1) is 11.5. The number of anilines is 1. The van der Waals surface area contributed by atoms with Gasteiger partial charge in [-0.2, -0.15) is 5.10 Å². The molecule has 4 heteroatoms. The number of nitrogen functional groups attached to an aromatic ring is 1. The molecule has 0 atom stereocenters. The topological polar surface area (TPSA) is 64.1 Å². The molecule has 0 bridgehead atoms. The molecule has 0 saturated heterocycles. The van der Waals surface area contributed by atoms with Gasteiger partial charge in [0.15, 0.2) is 0 Å². The quantitative estimate of drug-likeness (QED) is 0.834. The van der Waals surface area contributed by atoms with Gasteiger partial charge >= 0.3 is 0 Å². The molecule has 0 amide bonds. The van der Waals surface area contributed by atoms with Gasteiger partial charge in [0.25, 0.3) is 0 Å². The Balaban J connectivity index is 2.50. The number of phenols is 1. The minimum atomic E-state index is 0.246. The minimum absolute atomic E-state index is 0.246. The first-order valence-electron chi connectivity index (χ1n) is 5.61. The lowest BCUT2D eigenvalue weighted by Gasteiger charge is -2.09. The fraction of sp³-hybridized carbons (Fsp3) is 0.308. The Morgan fingerprint density at radius 2 is 2.00 bits per heavy atom. The zero-order chi connectivity index (χ0) is 12.6. The molecule has 1 aromatic heterocycles. The van der Waals surface area contributed by atoms with Gasteiger partial charge in [-0.25, -0.2) is 0 Å². The van der Waals surface area contributed by atoms with Crippen molar-refractivity contribution in [1.29, 1.82) is 0 Å². The third kappa shape index (κ3) is 1.98. The second-order valence-electron chi connectivity index (χ2n) is 4.50. The maximum atomic E-state index is 10.0. The van der Waals surface area contributed by atoms with Crippen LogP contribution in [0, 0.1) is 0 Å². The van der Waals surface area contributed by atoms with Crippen molar-refractivity contribution in [2.45, 2.75) is 19.8 Å². The van der Waals surface area contributed by atoms with Gasteiger partial charge in [0.2, 0.25) is 0 Å². The third-order valence-corrected chi connectivity index (χ3v) is 2.96. The van der Waals surface area contributed by atoms with Gasteiger partial charge < -0.3 is 10.8 Å². The van der Waals surface area contributed by atoms with Crippen LogP contribution in [-0.2, 0) is 7.05 Å².